The molecule has 0 saturated heterocycles. The summed E-state index contributed by atoms with van der Waals surface area (Å²) in [6.45, 7) is 0. The third-order valence-electron chi connectivity index (χ3n) is 6.91. The first kappa shape index (κ1) is 18.6. The first-order valence-electron chi connectivity index (χ1n) is 9.71. The molecule has 0 heterocycles. The lowest BCUT2D eigenvalue weighted by atomic mass is 9.51. The number of nitro groups is 2. The van der Waals surface area contributed by atoms with Gasteiger partial charge in [0.1, 0.15) is 6.10 Å². The van der Waals surface area contributed by atoms with Gasteiger partial charge < -0.3 is 4.74 Å². The number of non-ortho nitro benzene ring substituents is 2. The number of hydrogen-bond acceptors (Lipinski definition) is 6. The molecule has 0 amide bonds. The Bertz CT molecular complexity index is 833. The highest BCUT2D eigenvalue weighted by molar-refractivity contribution is 5.91. The van der Waals surface area contributed by atoms with E-state index >= 15 is 0 Å². The Morgan fingerprint density at radius 1 is 0.929 bits per heavy atom. The number of ether oxygens (including phenoxy) is 1. The van der Waals surface area contributed by atoms with Crippen LogP contribution in [0.4, 0.5) is 11.4 Å². The standard InChI is InChI=1S/C20H22N2O6/c23-18(14-11-15(21(24)25)13-16(12-14)22(26)27)28-17-5-10-19-6-1-3-8-20(17,19)9-4-2-7-19/h5,10-13,17H,1-4,6-9H2/t17-,19?,20?/m0/s1. The van der Waals surface area contributed by atoms with Crippen LogP contribution in [0.1, 0.15) is 61.7 Å². The lowest BCUT2D eigenvalue weighted by Crippen LogP contribution is -2.50. The number of esters is 1. The second kappa shape index (κ2) is 6.68. The van der Waals surface area contributed by atoms with Crippen LogP contribution in [0.15, 0.2) is 30.4 Å². The Balaban J connectivity index is 1.63. The Labute approximate surface area is 161 Å². The molecule has 148 valence electrons. The average molecular weight is 386 g/mol. The fraction of sp³-hybridized carbons (Fsp3) is 0.550. The van der Waals surface area contributed by atoms with Crippen molar-refractivity contribution in [2.24, 2.45) is 10.8 Å². The summed E-state index contributed by atoms with van der Waals surface area (Å²) in [5.74, 6) is -0.747. The van der Waals surface area contributed by atoms with E-state index < -0.39 is 27.2 Å². The van der Waals surface area contributed by atoms with Gasteiger partial charge in [-0.25, -0.2) is 4.79 Å². The molecule has 8 nitrogen and oxygen atoms in total. The monoisotopic (exact) mass is 386 g/mol. The van der Waals surface area contributed by atoms with Crippen LogP contribution in [0, 0.1) is 31.1 Å². The highest BCUT2D eigenvalue weighted by Gasteiger charge is 2.59. The van der Waals surface area contributed by atoms with Crippen LogP contribution >= 0.6 is 0 Å². The summed E-state index contributed by atoms with van der Waals surface area (Å²) in [7, 11) is 0. The molecule has 3 aliphatic carbocycles. The predicted octanol–water partition coefficient (Wildman–Crippen LogP) is 4.72. The van der Waals surface area contributed by atoms with Crippen LogP contribution in [0.2, 0.25) is 0 Å². The molecule has 0 aliphatic heterocycles. The fourth-order valence-electron chi connectivity index (χ4n) is 5.62. The normalized spacial score (nSPS) is 30.9. The summed E-state index contributed by atoms with van der Waals surface area (Å²) >= 11 is 0. The molecule has 0 bridgehead atoms. The van der Waals surface area contributed by atoms with Gasteiger partial charge in [0.25, 0.3) is 11.4 Å². The van der Waals surface area contributed by atoms with Crippen molar-refractivity contribution in [2.45, 2.75) is 57.5 Å². The molecule has 3 aliphatic rings. The van der Waals surface area contributed by atoms with E-state index in [-0.39, 0.29) is 22.5 Å². The van der Waals surface area contributed by atoms with Crippen LogP contribution in [-0.2, 0) is 4.74 Å². The predicted molar refractivity (Wildman–Crippen MR) is 99.9 cm³/mol. The molecule has 28 heavy (non-hydrogen) atoms. The molecule has 0 spiro atoms. The summed E-state index contributed by atoms with van der Waals surface area (Å²) in [6, 6.07) is 2.93. The smallest absolute Gasteiger partial charge is 0.339 e. The highest BCUT2D eigenvalue weighted by atomic mass is 16.6. The molecule has 1 atom stereocenters. The molecule has 2 saturated carbocycles. The van der Waals surface area contributed by atoms with Gasteiger partial charge in [0, 0.05) is 17.5 Å². The molecule has 4 rings (SSSR count). The van der Waals surface area contributed by atoms with E-state index in [1.165, 1.54) is 12.8 Å². The van der Waals surface area contributed by atoms with E-state index in [0.717, 1.165) is 56.7 Å². The van der Waals surface area contributed by atoms with Crippen molar-refractivity contribution in [2.75, 3.05) is 0 Å². The second-order valence-corrected chi connectivity index (χ2v) is 8.16. The van der Waals surface area contributed by atoms with Gasteiger partial charge in [0.2, 0.25) is 0 Å². The lowest BCUT2D eigenvalue weighted by molar-refractivity contribution is -0.394. The van der Waals surface area contributed by atoms with Crippen molar-refractivity contribution < 1.29 is 19.4 Å². The Morgan fingerprint density at radius 2 is 1.46 bits per heavy atom. The number of carbonyl (C=O) groups is 1. The first-order chi connectivity index (χ1) is 13.4. The van der Waals surface area contributed by atoms with Gasteiger partial charge in [-0.15, -0.1) is 0 Å². The third-order valence-corrected chi connectivity index (χ3v) is 6.91. The third kappa shape index (κ3) is 2.78. The van der Waals surface area contributed by atoms with E-state index in [9.17, 15) is 25.0 Å². The zero-order valence-corrected chi connectivity index (χ0v) is 15.5. The largest absolute Gasteiger partial charge is 0.454 e. The van der Waals surface area contributed by atoms with Crippen LogP contribution in [0.3, 0.4) is 0 Å². The maximum Gasteiger partial charge on any atom is 0.339 e. The van der Waals surface area contributed by atoms with E-state index in [0.29, 0.717) is 0 Å². The lowest BCUT2D eigenvalue weighted by Gasteiger charge is -2.54. The minimum absolute atomic E-state index is 0.0725. The van der Waals surface area contributed by atoms with Gasteiger partial charge >= 0.3 is 5.97 Å². The first-order valence-corrected chi connectivity index (χ1v) is 9.71. The Kier molecular flexibility index (Phi) is 4.44. The zero-order valence-electron chi connectivity index (χ0n) is 15.5. The van der Waals surface area contributed by atoms with E-state index in [1.54, 1.807) is 0 Å². The molecule has 0 unspecified atom stereocenters. The molecular weight excluding hydrogens is 364 g/mol. The van der Waals surface area contributed by atoms with Crippen LogP contribution in [0.5, 0.6) is 0 Å². The quantitative estimate of drug-likeness (QED) is 0.320. The molecule has 2 fully saturated rings. The van der Waals surface area contributed by atoms with Gasteiger partial charge in [-0.1, -0.05) is 31.8 Å². The van der Waals surface area contributed by atoms with Crippen LogP contribution < -0.4 is 0 Å². The summed E-state index contributed by atoms with van der Waals surface area (Å²) in [6.07, 6.45) is 12.5. The zero-order chi connectivity index (χ0) is 19.9. The van der Waals surface area contributed by atoms with Gasteiger partial charge in [-0.05, 0) is 37.2 Å². The summed E-state index contributed by atoms with van der Waals surface area (Å²) in [4.78, 5) is 33.5. The molecule has 0 radical (unpaired) electrons. The molecule has 0 aromatic heterocycles. The van der Waals surface area contributed by atoms with Crippen molar-refractivity contribution in [1.29, 1.82) is 0 Å². The van der Waals surface area contributed by atoms with Crippen molar-refractivity contribution in [1.82, 2.24) is 0 Å². The SMILES string of the molecule is O=C(O[C@H]1C=CC23CCCCC12CCCC3)c1cc([N+](=O)[O-])cc([N+](=O)[O-])c1. The highest BCUT2D eigenvalue weighted by Crippen LogP contribution is 2.65. The molecule has 1 aromatic rings. The fourth-order valence-corrected chi connectivity index (χ4v) is 5.62. The number of nitrogens with zero attached hydrogens (tertiary/aromatic N) is 2. The van der Waals surface area contributed by atoms with Crippen molar-refractivity contribution >= 4 is 17.3 Å². The minimum atomic E-state index is -0.747. The number of rotatable bonds is 4. The Morgan fingerprint density at radius 3 is 2.00 bits per heavy atom. The van der Waals surface area contributed by atoms with Gasteiger partial charge in [-0.2, -0.15) is 0 Å². The van der Waals surface area contributed by atoms with E-state index in [1.807, 2.05) is 6.08 Å². The Hall–Kier alpha value is -2.77. The average Bonchev–Trinajstić information content (AvgIpc) is 3.02. The number of benzene rings is 1. The number of nitro benzene ring substituents is 2. The van der Waals surface area contributed by atoms with Crippen molar-refractivity contribution in [3.63, 3.8) is 0 Å². The van der Waals surface area contributed by atoms with Gasteiger partial charge in [0.05, 0.1) is 21.5 Å². The molecular formula is C20H22N2O6. The van der Waals surface area contributed by atoms with Crippen LogP contribution in [0.25, 0.3) is 0 Å². The second-order valence-electron chi connectivity index (χ2n) is 8.16. The van der Waals surface area contributed by atoms with Crippen molar-refractivity contribution in [3.05, 3.63) is 56.1 Å². The maximum absolute atomic E-state index is 12.8. The maximum atomic E-state index is 12.8. The minimum Gasteiger partial charge on any atom is -0.454 e. The van der Waals surface area contributed by atoms with Crippen molar-refractivity contribution in [3.8, 4) is 0 Å². The topological polar surface area (TPSA) is 113 Å². The van der Waals surface area contributed by atoms with Crippen LogP contribution in [-0.4, -0.2) is 21.9 Å². The van der Waals surface area contributed by atoms with E-state index in [4.69, 9.17) is 4.74 Å². The number of allylic oxidation sites excluding steroid dienone is 1. The summed E-state index contributed by atoms with van der Waals surface area (Å²) in [5, 5.41) is 22.2. The van der Waals surface area contributed by atoms with Gasteiger partial charge in [-0.3, -0.25) is 20.2 Å². The van der Waals surface area contributed by atoms with E-state index in [2.05, 4.69) is 6.08 Å². The summed E-state index contributed by atoms with van der Waals surface area (Å²) < 4.78 is 5.82. The number of carbonyl (C=O) groups excluding carboxylic acids is 1. The van der Waals surface area contributed by atoms with Gasteiger partial charge in [0.15, 0.2) is 0 Å². The molecule has 0 N–H and O–H groups in total. The summed E-state index contributed by atoms with van der Waals surface area (Å²) in [5.41, 5.74) is -1.18. The molecule has 1 aromatic carbocycles. The number of hydrogen-bond donors (Lipinski definition) is 0. The molecule has 8 heteroatoms.